The molecule has 0 aromatic carbocycles. The van der Waals surface area contributed by atoms with Crippen LogP contribution in [-0.2, 0) is 7.05 Å². The monoisotopic (exact) mass is 204 g/mol. The molecule has 2 aromatic heterocycles. The summed E-state index contributed by atoms with van der Waals surface area (Å²) >= 11 is 1.38. The minimum absolute atomic E-state index is 0.487. The number of hydrogen-bond donors (Lipinski definition) is 0. The molecule has 0 unspecified atom stereocenters. The lowest BCUT2D eigenvalue weighted by molar-refractivity contribution is 0.925. The fourth-order valence-corrected chi connectivity index (χ4v) is 2.14. The maximum Gasteiger partial charge on any atom is 0.195 e. The summed E-state index contributed by atoms with van der Waals surface area (Å²) in [5.41, 5.74) is 0.862. The summed E-state index contributed by atoms with van der Waals surface area (Å²) in [5, 5.41) is 9.20. The van der Waals surface area contributed by atoms with E-state index < -0.39 is 0 Å². The average Bonchev–Trinajstić information content (AvgIpc) is 2.72. The second-order valence-electron chi connectivity index (χ2n) is 2.91. The topological polar surface area (TPSA) is 54.5 Å². The van der Waals surface area contributed by atoms with E-state index >= 15 is 0 Å². The van der Waals surface area contributed by atoms with Gasteiger partial charge in [0.1, 0.15) is 6.07 Å². The van der Waals surface area contributed by atoms with Crippen molar-refractivity contribution in [2.24, 2.45) is 7.05 Å². The van der Waals surface area contributed by atoms with Gasteiger partial charge in [-0.3, -0.25) is 0 Å². The molecule has 2 aromatic rings. The minimum atomic E-state index is 0.487. The number of thiazole rings is 1. The summed E-state index contributed by atoms with van der Waals surface area (Å²) < 4.78 is 1.92. The van der Waals surface area contributed by atoms with Crippen molar-refractivity contribution >= 4 is 11.3 Å². The number of imidazole rings is 1. The van der Waals surface area contributed by atoms with Crippen molar-refractivity contribution in [1.82, 2.24) is 14.5 Å². The van der Waals surface area contributed by atoms with Crippen molar-refractivity contribution in [3.8, 4) is 16.8 Å². The van der Waals surface area contributed by atoms with Gasteiger partial charge in [0, 0.05) is 19.4 Å². The van der Waals surface area contributed by atoms with Gasteiger partial charge in [-0.05, 0) is 6.92 Å². The quantitative estimate of drug-likeness (QED) is 0.710. The van der Waals surface area contributed by atoms with E-state index in [9.17, 15) is 0 Å². The fraction of sp³-hybridized carbons (Fsp3) is 0.222. The first-order valence-electron chi connectivity index (χ1n) is 4.07. The van der Waals surface area contributed by atoms with Gasteiger partial charge in [0.2, 0.25) is 0 Å². The van der Waals surface area contributed by atoms with E-state index in [2.05, 4.69) is 9.97 Å². The molecular formula is C9H8N4S. The van der Waals surface area contributed by atoms with Gasteiger partial charge in [-0.25, -0.2) is 9.97 Å². The molecule has 0 atom stereocenters. The fourth-order valence-electron chi connectivity index (χ4n) is 1.24. The number of nitriles is 1. The van der Waals surface area contributed by atoms with Gasteiger partial charge in [0.15, 0.2) is 10.8 Å². The SMILES string of the molecule is Cc1nc(C#N)sc1-c1nccn1C. The number of aryl methyl sites for hydroxylation is 2. The Morgan fingerprint density at radius 2 is 2.36 bits per heavy atom. The molecule has 4 nitrogen and oxygen atoms in total. The van der Waals surface area contributed by atoms with Crippen LogP contribution in [0.1, 0.15) is 10.7 Å². The van der Waals surface area contributed by atoms with E-state index in [-0.39, 0.29) is 0 Å². The molecule has 0 aliphatic heterocycles. The van der Waals surface area contributed by atoms with E-state index in [0.717, 1.165) is 16.4 Å². The number of rotatable bonds is 1. The number of nitrogens with zero attached hydrogens (tertiary/aromatic N) is 4. The molecule has 0 aliphatic rings. The highest BCUT2D eigenvalue weighted by atomic mass is 32.1. The summed E-state index contributed by atoms with van der Waals surface area (Å²) in [6, 6.07) is 2.04. The first kappa shape index (κ1) is 8.91. The Hall–Kier alpha value is -1.67. The maximum absolute atomic E-state index is 8.71. The van der Waals surface area contributed by atoms with Gasteiger partial charge in [-0.2, -0.15) is 5.26 Å². The third-order valence-corrected chi connectivity index (χ3v) is 2.97. The zero-order chi connectivity index (χ0) is 10.1. The molecule has 0 bridgehead atoms. The van der Waals surface area contributed by atoms with Crippen molar-refractivity contribution in [3.63, 3.8) is 0 Å². The lowest BCUT2D eigenvalue weighted by atomic mass is 10.4. The second kappa shape index (κ2) is 3.24. The Labute approximate surface area is 85.5 Å². The zero-order valence-corrected chi connectivity index (χ0v) is 8.67. The summed E-state index contributed by atoms with van der Waals surface area (Å²) in [7, 11) is 1.92. The first-order chi connectivity index (χ1) is 6.72. The minimum Gasteiger partial charge on any atom is -0.333 e. The van der Waals surface area contributed by atoms with Crippen LogP contribution in [0.2, 0.25) is 0 Å². The van der Waals surface area contributed by atoms with Crippen LogP contribution in [-0.4, -0.2) is 14.5 Å². The standard InChI is InChI=1S/C9H8N4S/c1-6-8(14-7(5-10)12-6)9-11-3-4-13(9)2/h3-4H,1-2H3. The van der Waals surface area contributed by atoms with Crippen molar-refractivity contribution < 1.29 is 0 Å². The Balaban J connectivity index is 2.58. The summed E-state index contributed by atoms with van der Waals surface area (Å²) in [6.45, 7) is 1.89. The van der Waals surface area contributed by atoms with Gasteiger partial charge in [0.05, 0.1) is 10.6 Å². The van der Waals surface area contributed by atoms with E-state index in [0.29, 0.717) is 5.01 Å². The van der Waals surface area contributed by atoms with Gasteiger partial charge in [-0.1, -0.05) is 11.3 Å². The molecule has 0 amide bonds. The molecule has 0 saturated heterocycles. The molecule has 0 fully saturated rings. The molecule has 0 N–H and O–H groups in total. The second-order valence-corrected chi connectivity index (χ2v) is 3.91. The van der Waals surface area contributed by atoms with Crippen molar-refractivity contribution in [3.05, 3.63) is 23.1 Å². The molecule has 5 heteroatoms. The summed E-state index contributed by atoms with van der Waals surface area (Å²) in [4.78, 5) is 9.32. The van der Waals surface area contributed by atoms with Crippen LogP contribution in [0.15, 0.2) is 12.4 Å². The Bertz CT molecular complexity index is 503. The smallest absolute Gasteiger partial charge is 0.195 e. The average molecular weight is 204 g/mol. The van der Waals surface area contributed by atoms with Crippen LogP contribution in [0.4, 0.5) is 0 Å². The highest BCUT2D eigenvalue weighted by Gasteiger charge is 2.12. The molecule has 14 heavy (non-hydrogen) atoms. The third kappa shape index (κ3) is 1.30. The summed E-state index contributed by atoms with van der Waals surface area (Å²) in [6.07, 6.45) is 3.61. The van der Waals surface area contributed by atoms with Gasteiger partial charge >= 0.3 is 0 Å². The van der Waals surface area contributed by atoms with Gasteiger partial charge < -0.3 is 4.57 Å². The van der Waals surface area contributed by atoms with Gasteiger partial charge in [0.25, 0.3) is 0 Å². The molecule has 2 rings (SSSR count). The Morgan fingerprint density at radius 3 is 2.86 bits per heavy atom. The lowest BCUT2D eigenvalue weighted by Gasteiger charge is -1.97. The van der Waals surface area contributed by atoms with Crippen LogP contribution >= 0.6 is 11.3 Å². The van der Waals surface area contributed by atoms with Crippen LogP contribution in [0.3, 0.4) is 0 Å². The Morgan fingerprint density at radius 1 is 1.57 bits per heavy atom. The molecule has 2 heterocycles. The number of hydrogen-bond acceptors (Lipinski definition) is 4. The molecule has 0 radical (unpaired) electrons. The predicted octanol–water partition coefficient (Wildman–Crippen LogP) is 1.72. The van der Waals surface area contributed by atoms with Gasteiger partial charge in [-0.15, -0.1) is 0 Å². The van der Waals surface area contributed by atoms with Crippen LogP contribution in [0.5, 0.6) is 0 Å². The van der Waals surface area contributed by atoms with Crippen molar-refractivity contribution in [2.75, 3.05) is 0 Å². The van der Waals surface area contributed by atoms with E-state index in [1.54, 1.807) is 6.20 Å². The van der Waals surface area contributed by atoms with Crippen LogP contribution in [0, 0.1) is 18.3 Å². The molecule has 0 spiro atoms. The maximum atomic E-state index is 8.71. The largest absolute Gasteiger partial charge is 0.333 e. The van der Waals surface area contributed by atoms with Crippen molar-refractivity contribution in [2.45, 2.75) is 6.92 Å². The highest BCUT2D eigenvalue weighted by Crippen LogP contribution is 2.27. The molecular weight excluding hydrogens is 196 g/mol. The zero-order valence-electron chi connectivity index (χ0n) is 7.85. The summed E-state index contributed by atoms with van der Waals surface area (Å²) in [5.74, 6) is 0.863. The molecule has 0 aliphatic carbocycles. The number of aromatic nitrogens is 3. The third-order valence-electron chi connectivity index (χ3n) is 1.92. The predicted molar refractivity (Wildman–Crippen MR) is 53.8 cm³/mol. The highest BCUT2D eigenvalue weighted by molar-refractivity contribution is 7.15. The normalized spacial score (nSPS) is 10.1. The first-order valence-corrected chi connectivity index (χ1v) is 4.89. The van der Waals surface area contributed by atoms with Crippen LogP contribution in [0.25, 0.3) is 10.7 Å². The Kier molecular flexibility index (Phi) is 2.06. The lowest BCUT2D eigenvalue weighted by Crippen LogP contribution is -1.90. The van der Waals surface area contributed by atoms with E-state index in [1.807, 2.05) is 30.8 Å². The van der Waals surface area contributed by atoms with Crippen molar-refractivity contribution in [1.29, 1.82) is 5.26 Å². The van der Waals surface area contributed by atoms with E-state index in [1.165, 1.54) is 11.3 Å². The molecule has 70 valence electrons. The van der Waals surface area contributed by atoms with E-state index in [4.69, 9.17) is 5.26 Å². The molecule has 0 saturated carbocycles. The van der Waals surface area contributed by atoms with Crippen LogP contribution < -0.4 is 0 Å².